The molecule has 1 heterocycles. The molecule has 0 atom stereocenters. The normalized spacial score (nSPS) is 14.3. The maximum Gasteiger partial charge on any atom is 0.350 e. The highest BCUT2D eigenvalue weighted by Crippen LogP contribution is 2.29. The van der Waals surface area contributed by atoms with Crippen molar-refractivity contribution in [2.75, 3.05) is 38.0 Å². The Morgan fingerprint density at radius 1 is 0.972 bits per heavy atom. The standard InChI is InChI=1S/C26H30N2O8/c1-6-34-23(29)17-8-9-19(27-12-11-16-7-10-21(32-4)22(13-16)33-5)20(14-17)28-15-18-24(30)35-26(2,3)36-25(18)31/h7-10,13-15,27-28H,6,11-12H2,1-5H3. The number of cyclic esters (lactones) is 2. The molecule has 0 bridgehead atoms. The van der Waals surface area contributed by atoms with Crippen molar-refractivity contribution < 1.29 is 38.1 Å². The highest BCUT2D eigenvalue weighted by molar-refractivity contribution is 6.15. The molecule has 1 fully saturated rings. The molecule has 10 heteroatoms. The van der Waals surface area contributed by atoms with Gasteiger partial charge in [0.05, 0.1) is 37.8 Å². The van der Waals surface area contributed by atoms with Crippen LogP contribution in [0.1, 0.15) is 36.7 Å². The van der Waals surface area contributed by atoms with Gasteiger partial charge in [0.2, 0.25) is 0 Å². The molecular formula is C26H30N2O8. The van der Waals surface area contributed by atoms with E-state index in [2.05, 4.69) is 10.6 Å². The van der Waals surface area contributed by atoms with E-state index in [0.29, 0.717) is 41.4 Å². The first kappa shape index (κ1) is 26.4. The van der Waals surface area contributed by atoms with E-state index in [1.807, 2.05) is 18.2 Å². The fraction of sp³-hybridized carbons (Fsp3) is 0.346. The van der Waals surface area contributed by atoms with E-state index in [0.717, 1.165) is 5.56 Å². The van der Waals surface area contributed by atoms with Crippen molar-refractivity contribution in [1.82, 2.24) is 0 Å². The lowest BCUT2D eigenvalue weighted by molar-refractivity contribution is -0.222. The summed E-state index contributed by atoms with van der Waals surface area (Å²) in [5.41, 5.74) is 2.12. The summed E-state index contributed by atoms with van der Waals surface area (Å²) < 4.78 is 25.9. The summed E-state index contributed by atoms with van der Waals surface area (Å²) in [4.78, 5) is 36.8. The number of methoxy groups -OCH3 is 2. The molecule has 10 nitrogen and oxygen atoms in total. The Kier molecular flexibility index (Phi) is 8.42. The SMILES string of the molecule is CCOC(=O)c1ccc(NCCc2ccc(OC)c(OC)c2)c(NC=C2C(=O)OC(C)(C)OC2=O)c1. The lowest BCUT2D eigenvalue weighted by Crippen LogP contribution is -2.42. The number of nitrogens with one attached hydrogen (secondary N) is 2. The molecule has 1 saturated heterocycles. The molecule has 1 aliphatic rings. The van der Waals surface area contributed by atoms with Crippen LogP contribution >= 0.6 is 0 Å². The molecule has 0 aliphatic carbocycles. The Morgan fingerprint density at radius 3 is 2.31 bits per heavy atom. The lowest BCUT2D eigenvalue weighted by Gasteiger charge is -2.29. The number of carbonyl (C=O) groups excluding carboxylic acids is 3. The van der Waals surface area contributed by atoms with Crippen LogP contribution in [0.15, 0.2) is 48.2 Å². The van der Waals surface area contributed by atoms with Crippen LogP contribution in [-0.2, 0) is 30.2 Å². The Morgan fingerprint density at radius 2 is 1.67 bits per heavy atom. The molecule has 2 aromatic rings. The van der Waals surface area contributed by atoms with Gasteiger partial charge in [0.15, 0.2) is 17.1 Å². The predicted octanol–water partition coefficient (Wildman–Crippen LogP) is 3.67. The molecule has 0 saturated carbocycles. The largest absolute Gasteiger partial charge is 0.493 e. The first-order valence-electron chi connectivity index (χ1n) is 11.4. The van der Waals surface area contributed by atoms with E-state index in [9.17, 15) is 14.4 Å². The van der Waals surface area contributed by atoms with Crippen molar-refractivity contribution >= 4 is 29.3 Å². The van der Waals surface area contributed by atoms with E-state index < -0.39 is 23.7 Å². The number of rotatable bonds is 10. The van der Waals surface area contributed by atoms with E-state index in [-0.39, 0.29) is 12.2 Å². The third kappa shape index (κ3) is 6.47. The summed E-state index contributed by atoms with van der Waals surface area (Å²) in [6.07, 6.45) is 1.86. The molecule has 0 spiro atoms. The summed E-state index contributed by atoms with van der Waals surface area (Å²) in [5.74, 6) is -2.18. The zero-order chi connectivity index (χ0) is 26.3. The van der Waals surface area contributed by atoms with E-state index >= 15 is 0 Å². The number of hydrogen-bond acceptors (Lipinski definition) is 10. The minimum atomic E-state index is -1.34. The van der Waals surface area contributed by atoms with Gasteiger partial charge in [0.1, 0.15) is 0 Å². The maximum atomic E-state index is 12.3. The Labute approximate surface area is 209 Å². The highest BCUT2D eigenvalue weighted by atomic mass is 16.7. The summed E-state index contributed by atoms with van der Waals surface area (Å²) in [5, 5.41) is 6.22. The van der Waals surface area contributed by atoms with Gasteiger partial charge < -0.3 is 34.3 Å². The topological polar surface area (TPSA) is 121 Å². The molecule has 0 aromatic heterocycles. The van der Waals surface area contributed by atoms with E-state index in [4.69, 9.17) is 23.7 Å². The maximum absolute atomic E-state index is 12.3. The van der Waals surface area contributed by atoms with Crippen molar-refractivity contribution in [3.05, 3.63) is 59.3 Å². The number of esters is 3. The Hall–Kier alpha value is -4.21. The van der Waals surface area contributed by atoms with Crippen LogP contribution in [0.3, 0.4) is 0 Å². The molecule has 0 unspecified atom stereocenters. The second-order valence-corrected chi connectivity index (χ2v) is 8.23. The molecule has 0 radical (unpaired) electrons. The first-order chi connectivity index (χ1) is 17.2. The molecule has 36 heavy (non-hydrogen) atoms. The number of anilines is 2. The van der Waals surface area contributed by atoms with Crippen molar-refractivity contribution in [3.63, 3.8) is 0 Å². The zero-order valence-corrected chi connectivity index (χ0v) is 20.9. The third-order valence-electron chi connectivity index (χ3n) is 5.20. The molecule has 192 valence electrons. The van der Waals surface area contributed by atoms with Crippen molar-refractivity contribution in [2.24, 2.45) is 0 Å². The van der Waals surface area contributed by atoms with E-state index in [1.165, 1.54) is 20.0 Å². The van der Waals surface area contributed by atoms with Crippen LogP contribution in [0.5, 0.6) is 11.5 Å². The smallest absolute Gasteiger partial charge is 0.350 e. The molecule has 2 N–H and O–H groups in total. The quantitative estimate of drug-likeness (QED) is 0.285. The average molecular weight is 499 g/mol. The number of carbonyl (C=O) groups is 3. The lowest BCUT2D eigenvalue weighted by atomic mass is 10.1. The van der Waals surface area contributed by atoms with Gasteiger partial charge in [-0.1, -0.05) is 6.07 Å². The number of hydrogen-bond donors (Lipinski definition) is 2. The number of benzene rings is 2. The Balaban J connectivity index is 1.79. The van der Waals surface area contributed by atoms with Gasteiger partial charge in [0.25, 0.3) is 5.79 Å². The van der Waals surface area contributed by atoms with Crippen molar-refractivity contribution in [3.8, 4) is 11.5 Å². The van der Waals surface area contributed by atoms with E-state index in [1.54, 1.807) is 39.3 Å². The highest BCUT2D eigenvalue weighted by Gasteiger charge is 2.39. The summed E-state index contributed by atoms with van der Waals surface area (Å²) in [6.45, 7) is 5.42. The average Bonchev–Trinajstić information content (AvgIpc) is 2.83. The number of ether oxygens (including phenoxy) is 5. The van der Waals surface area contributed by atoms with Crippen molar-refractivity contribution in [1.29, 1.82) is 0 Å². The molecule has 1 aliphatic heterocycles. The van der Waals surface area contributed by atoms with Crippen LogP contribution in [0, 0.1) is 0 Å². The second kappa shape index (κ2) is 11.5. The van der Waals surface area contributed by atoms with Crippen LogP contribution in [0.2, 0.25) is 0 Å². The van der Waals surface area contributed by atoms with Gasteiger partial charge >= 0.3 is 17.9 Å². The minimum Gasteiger partial charge on any atom is -0.493 e. The molecule has 3 rings (SSSR count). The fourth-order valence-corrected chi connectivity index (χ4v) is 3.47. The van der Waals surface area contributed by atoms with Gasteiger partial charge in [-0.3, -0.25) is 0 Å². The van der Waals surface area contributed by atoms with Gasteiger partial charge in [0, 0.05) is 26.6 Å². The van der Waals surface area contributed by atoms with Crippen LogP contribution in [-0.4, -0.2) is 51.1 Å². The monoisotopic (exact) mass is 498 g/mol. The molecule has 0 amide bonds. The van der Waals surface area contributed by atoms with Gasteiger partial charge in [-0.2, -0.15) is 0 Å². The van der Waals surface area contributed by atoms with Crippen LogP contribution < -0.4 is 20.1 Å². The minimum absolute atomic E-state index is 0.227. The van der Waals surface area contributed by atoms with Crippen LogP contribution in [0.4, 0.5) is 11.4 Å². The van der Waals surface area contributed by atoms with Gasteiger partial charge in [-0.15, -0.1) is 0 Å². The third-order valence-corrected chi connectivity index (χ3v) is 5.20. The summed E-state index contributed by atoms with van der Waals surface area (Å²) in [7, 11) is 3.16. The first-order valence-corrected chi connectivity index (χ1v) is 11.4. The van der Waals surface area contributed by atoms with Gasteiger partial charge in [-0.25, -0.2) is 14.4 Å². The van der Waals surface area contributed by atoms with Crippen molar-refractivity contribution in [2.45, 2.75) is 33.0 Å². The Bertz CT molecular complexity index is 1150. The fourth-order valence-electron chi connectivity index (χ4n) is 3.47. The molecule has 2 aromatic carbocycles. The molecular weight excluding hydrogens is 468 g/mol. The second-order valence-electron chi connectivity index (χ2n) is 8.23. The van der Waals surface area contributed by atoms with Crippen LogP contribution in [0.25, 0.3) is 0 Å². The van der Waals surface area contributed by atoms with Gasteiger partial charge in [-0.05, 0) is 49.2 Å². The predicted molar refractivity (Wildman–Crippen MR) is 132 cm³/mol. The zero-order valence-electron chi connectivity index (χ0n) is 20.9. The summed E-state index contributed by atoms with van der Waals surface area (Å²) in [6, 6.07) is 10.6. The summed E-state index contributed by atoms with van der Waals surface area (Å²) >= 11 is 0.